The number of halogens is 1. The molecule has 1 atom stereocenters. The van der Waals surface area contributed by atoms with Crippen molar-refractivity contribution in [1.29, 1.82) is 0 Å². The fourth-order valence-corrected chi connectivity index (χ4v) is 6.69. The topological polar surface area (TPSA) is 53.7 Å². The minimum atomic E-state index is -0.277. The van der Waals surface area contributed by atoms with E-state index in [9.17, 15) is 4.79 Å². The van der Waals surface area contributed by atoms with Gasteiger partial charge in [0.1, 0.15) is 11.5 Å². The minimum absolute atomic E-state index is 0.0265. The SMILES string of the molecule is CC1c2ccsc2CCN1C(=O)c1cc(C2CC2)n2nc(-c3ccc(N4CCCC4)cc3F)cc2n1. The monoisotopic (exact) mass is 501 g/mol. The Labute approximate surface area is 213 Å². The summed E-state index contributed by atoms with van der Waals surface area (Å²) in [7, 11) is 0. The number of hydrogen-bond donors (Lipinski definition) is 0. The fourth-order valence-electron chi connectivity index (χ4n) is 5.73. The number of rotatable bonds is 4. The number of aromatic nitrogens is 3. The maximum Gasteiger partial charge on any atom is 0.273 e. The van der Waals surface area contributed by atoms with E-state index >= 15 is 4.39 Å². The van der Waals surface area contributed by atoms with Gasteiger partial charge in [-0.2, -0.15) is 5.10 Å². The standard InChI is InChI=1S/C28H28FN5OS/c1-17-20-9-13-36-26(20)8-12-33(17)28(35)24-15-25(18-4-5-18)34-27(30-24)16-23(31-34)21-7-6-19(14-22(21)29)32-10-2-3-11-32/h6-7,9,13-18H,2-5,8,10-12H2,1H3. The van der Waals surface area contributed by atoms with Crippen LogP contribution in [0.2, 0.25) is 0 Å². The van der Waals surface area contributed by atoms with Gasteiger partial charge in [0, 0.05) is 53.4 Å². The molecule has 36 heavy (non-hydrogen) atoms. The Morgan fingerprint density at radius 3 is 2.69 bits per heavy atom. The zero-order valence-electron chi connectivity index (χ0n) is 20.3. The number of fused-ring (bicyclic) bond motifs is 2. The highest BCUT2D eigenvalue weighted by molar-refractivity contribution is 7.10. The molecule has 1 unspecified atom stereocenters. The van der Waals surface area contributed by atoms with Gasteiger partial charge >= 0.3 is 0 Å². The second-order valence-electron chi connectivity index (χ2n) is 10.2. The van der Waals surface area contributed by atoms with Crippen LogP contribution in [0.1, 0.15) is 71.2 Å². The highest BCUT2D eigenvalue weighted by atomic mass is 32.1. The summed E-state index contributed by atoms with van der Waals surface area (Å²) >= 11 is 1.77. The van der Waals surface area contributed by atoms with E-state index in [4.69, 9.17) is 10.1 Å². The van der Waals surface area contributed by atoms with E-state index in [-0.39, 0.29) is 17.8 Å². The van der Waals surface area contributed by atoms with E-state index in [0.29, 0.717) is 35.1 Å². The molecule has 2 aliphatic heterocycles. The molecule has 1 aromatic carbocycles. The van der Waals surface area contributed by atoms with Gasteiger partial charge in [-0.05, 0) is 80.3 Å². The van der Waals surface area contributed by atoms with Crippen LogP contribution in [0, 0.1) is 5.82 Å². The van der Waals surface area contributed by atoms with Crippen molar-refractivity contribution in [3.63, 3.8) is 0 Å². The van der Waals surface area contributed by atoms with Crippen molar-refractivity contribution >= 4 is 28.6 Å². The predicted octanol–water partition coefficient (Wildman–Crippen LogP) is 5.83. The van der Waals surface area contributed by atoms with Gasteiger partial charge < -0.3 is 9.80 Å². The summed E-state index contributed by atoms with van der Waals surface area (Å²) in [6.07, 6.45) is 5.32. The molecular weight excluding hydrogens is 473 g/mol. The molecule has 7 rings (SSSR count). The van der Waals surface area contributed by atoms with Gasteiger partial charge in [-0.15, -0.1) is 11.3 Å². The fraction of sp³-hybridized carbons (Fsp3) is 0.393. The van der Waals surface area contributed by atoms with Crippen molar-refractivity contribution < 1.29 is 9.18 Å². The number of carbonyl (C=O) groups is 1. The van der Waals surface area contributed by atoms with E-state index in [2.05, 4.69) is 23.3 Å². The molecule has 1 aliphatic carbocycles. The Morgan fingerprint density at radius 1 is 1.08 bits per heavy atom. The molecule has 5 heterocycles. The van der Waals surface area contributed by atoms with E-state index in [1.54, 1.807) is 17.4 Å². The highest BCUT2D eigenvalue weighted by Gasteiger charge is 2.33. The molecule has 1 saturated carbocycles. The van der Waals surface area contributed by atoms with E-state index in [0.717, 1.165) is 56.6 Å². The summed E-state index contributed by atoms with van der Waals surface area (Å²) in [5.74, 6) is 0.0351. The molecule has 1 amide bonds. The molecule has 1 saturated heterocycles. The molecule has 3 aromatic heterocycles. The molecule has 0 bridgehead atoms. The lowest BCUT2D eigenvalue weighted by Crippen LogP contribution is -2.38. The summed E-state index contributed by atoms with van der Waals surface area (Å²) in [5, 5.41) is 6.87. The smallest absolute Gasteiger partial charge is 0.273 e. The van der Waals surface area contributed by atoms with E-state index in [1.807, 2.05) is 33.7 Å². The lowest BCUT2D eigenvalue weighted by molar-refractivity contribution is 0.0673. The number of anilines is 1. The molecule has 0 radical (unpaired) electrons. The Balaban J connectivity index is 1.25. The zero-order valence-corrected chi connectivity index (χ0v) is 21.1. The molecule has 0 N–H and O–H groups in total. The second kappa shape index (κ2) is 8.40. The first-order valence-corrected chi connectivity index (χ1v) is 13.8. The second-order valence-corrected chi connectivity index (χ2v) is 11.2. The van der Waals surface area contributed by atoms with Gasteiger partial charge in [-0.25, -0.2) is 13.9 Å². The van der Waals surface area contributed by atoms with Crippen LogP contribution in [-0.4, -0.2) is 45.0 Å². The number of benzene rings is 1. The van der Waals surface area contributed by atoms with Crippen molar-refractivity contribution in [2.24, 2.45) is 0 Å². The highest BCUT2D eigenvalue weighted by Crippen LogP contribution is 2.41. The average Bonchev–Trinajstić information content (AvgIpc) is 3.27. The summed E-state index contributed by atoms with van der Waals surface area (Å²) in [4.78, 5) is 23.9. The number of hydrogen-bond acceptors (Lipinski definition) is 5. The maximum atomic E-state index is 15.2. The third kappa shape index (κ3) is 3.61. The lowest BCUT2D eigenvalue weighted by atomic mass is 10.0. The molecule has 3 aliphatic rings. The van der Waals surface area contributed by atoms with Gasteiger partial charge in [0.2, 0.25) is 0 Å². The molecule has 4 aromatic rings. The van der Waals surface area contributed by atoms with Gasteiger partial charge in [-0.1, -0.05) is 0 Å². The van der Waals surface area contributed by atoms with Crippen LogP contribution in [0.5, 0.6) is 0 Å². The van der Waals surface area contributed by atoms with Crippen LogP contribution in [0.25, 0.3) is 16.9 Å². The third-order valence-electron chi connectivity index (χ3n) is 7.91. The first-order chi connectivity index (χ1) is 17.6. The first-order valence-electron chi connectivity index (χ1n) is 12.9. The number of carbonyl (C=O) groups excluding carboxylic acids is 1. The Kier molecular flexibility index (Phi) is 5.13. The van der Waals surface area contributed by atoms with Gasteiger partial charge in [0.25, 0.3) is 5.91 Å². The van der Waals surface area contributed by atoms with Crippen LogP contribution in [-0.2, 0) is 6.42 Å². The van der Waals surface area contributed by atoms with Crippen LogP contribution in [0.3, 0.4) is 0 Å². The number of nitrogens with zero attached hydrogens (tertiary/aromatic N) is 5. The Bertz CT molecular complexity index is 1480. The lowest BCUT2D eigenvalue weighted by Gasteiger charge is -2.33. The summed E-state index contributed by atoms with van der Waals surface area (Å²) in [5.41, 5.74) is 5.22. The van der Waals surface area contributed by atoms with E-state index in [1.165, 1.54) is 10.4 Å². The van der Waals surface area contributed by atoms with Crippen LogP contribution >= 0.6 is 11.3 Å². The first kappa shape index (κ1) is 22.0. The van der Waals surface area contributed by atoms with Gasteiger partial charge in [-0.3, -0.25) is 4.79 Å². The molecule has 6 nitrogen and oxygen atoms in total. The van der Waals surface area contributed by atoms with Crippen LogP contribution < -0.4 is 4.90 Å². The molecule has 184 valence electrons. The summed E-state index contributed by atoms with van der Waals surface area (Å²) in [6, 6.07) is 11.3. The largest absolute Gasteiger partial charge is 0.371 e. The Morgan fingerprint density at radius 2 is 1.92 bits per heavy atom. The van der Waals surface area contributed by atoms with Crippen LogP contribution in [0.15, 0.2) is 41.8 Å². The van der Waals surface area contributed by atoms with Crippen molar-refractivity contribution in [2.75, 3.05) is 24.5 Å². The molecular formula is C28H28FN5OS. The molecule has 0 spiro atoms. The van der Waals surface area contributed by atoms with Crippen molar-refractivity contribution in [1.82, 2.24) is 19.5 Å². The quantitative estimate of drug-likeness (QED) is 0.353. The summed E-state index contributed by atoms with van der Waals surface area (Å²) in [6.45, 7) is 4.73. The normalized spacial score (nSPS) is 19.8. The Hall–Kier alpha value is -3.26. The van der Waals surface area contributed by atoms with Crippen molar-refractivity contribution in [2.45, 2.75) is 51.0 Å². The van der Waals surface area contributed by atoms with Crippen molar-refractivity contribution in [3.8, 4) is 11.3 Å². The minimum Gasteiger partial charge on any atom is -0.371 e. The van der Waals surface area contributed by atoms with Gasteiger partial charge in [0.05, 0.1) is 11.7 Å². The zero-order chi connectivity index (χ0) is 24.4. The summed E-state index contributed by atoms with van der Waals surface area (Å²) < 4.78 is 17.0. The van der Waals surface area contributed by atoms with Crippen LogP contribution in [0.4, 0.5) is 10.1 Å². The van der Waals surface area contributed by atoms with Crippen molar-refractivity contribution in [3.05, 3.63) is 69.4 Å². The predicted molar refractivity (Wildman–Crippen MR) is 139 cm³/mol. The number of amides is 1. The van der Waals surface area contributed by atoms with E-state index < -0.39 is 0 Å². The average molecular weight is 502 g/mol. The molecule has 2 fully saturated rings. The van der Waals surface area contributed by atoms with Gasteiger partial charge in [0.15, 0.2) is 5.65 Å². The molecule has 8 heteroatoms. The maximum absolute atomic E-state index is 15.2. The number of thiophene rings is 1. The third-order valence-corrected chi connectivity index (χ3v) is 8.90.